The molecule has 0 atom stereocenters. The van der Waals surface area contributed by atoms with Crippen molar-refractivity contribution in [3.63, 3.8) is 0 Å². The molecule has 5 heteroatoms. The maximum Gasteiger partial charge on any atom is 0.143 e. The zero-order valence-electron chi connectivity index (χ0n) is 11.4. The molecule has 0 aliphatic rings. The highest BCUT2D eigenvalue weighted by Crippen LogP contribution is 2.25. The number of aliphatic hydroxyl groups is 1. The number of aromatic nitrogens is 1. The molecule has 2 rings (SSSR count). The molecule has 0 aliphatic carbocycles. The lowest BCUT2D eigenvalue weighted by molar-refractivity contribution is 0.251. The monoisotopic (exact) mass is 293 g/mol. The van der Waals surface area contributed by atoms with Crippen LogP contribution in [0.4, 0.5) is 0 Å². The summed E-state index contributed by atoms with van der Waals surface area (Å²) in [7, 11) is 1.60. The molecule has 106 valence electrons. The van der Waals surface area contributed by atoms with Gasteiger partial charge in [0.25, 0.3) is 0 Å². The first-order valence-corrected chi connectivity index (χ1v) is 6.54. The fourth-order valence-electron chi connectivity index (χ4n) is 1.86. The molecule has 0 saturated carbocycles. The molecule has 4 nitrogen and oxygen atoms in total. The van der Waals surface area contributed by atoms with Gasteiger partial charge in [0, 0.05) is 16.3 Å². The van der Waals surface area contributed by atoms with Crippen LogP contribution in [-0.4, -0.2) is 17.2 Å². The molecule has 0 saturated heterocycles. The van der Waals surface area contributed by atoms with Crippen molar-refractivity contribution >= 4 is 11.6 Å². The molecule has 2 aromatic rings. The summed E-state index contributed by atoms with van der Waals surface area (Å²) in [4.78, 5) is 4.23. The van der Waals surface area contributed by atoms with Crippen molar-refractivity contribution in [2.24, 2.45) is 0 Å². The van der Waals surface area contributed by atoms with E-state index in [1.165, 1.54) is 0 Å². The number of rotatable bonds is 5. The van der Waals surface area contributed by atoms with E-state index in [0.29, 0.717) is 28.8 Å². The molecule has 20 heavy (non-hydrogen) atoms. The Morgan fingerprint density at radius 1 is 1.20 bits per heavy atom. The second-order valence-electron chi connectivity index (χ2n) is 4.30. The fraction of sp³-hybridized carbons (Fsp3) is 0.267. The van der Waals surface area contributed by atoms with Gasteiger partial charge in [0.15, 0.2) is 0 Å². The Morgan fingerprint density at radius 3 is 2.65 bits per heavy atom. The predicted molar refractivity (Wildman–Crippen MR) is 77.2 cm³/mol. The van der Waals surface area contributed by atoms with Gasteiger partial charge in [-0.2, -0.15) is 0 Å². The van der Waals surface area contributed by atoms with Crippen LogP contribution >= 0.6 is 11.6 Å². The van der Waals surface area contributed by atoms with Crippen LogP contribution in [-0.2, 0) is 13.2 Å². The van der Waals surface area contributed by atoms with Gasteiger partial charge >= 0.3 is 0 Å². The van der Waals surface area contributed by atoms with Crippen molar-refractivity contribution in [2.75, 3.05) is 7.11 Å². The highest BCUT2D eigenvalue weighted by Gasteiger charge is 2.08. The smallest absolute Gasteiger partial charge is 0.143 e. The normalized spacial score (nSPS) is 10.4. The molecule has 0 radical (unpaired) electrons. The van der Waals surface area contributed by atoms with Gasteiger partial charge in [0.1, 0.15) is 23.8 Å². The number of benzene rings is 1. The number of aliphatic hydroxyl groups excluding tert-OH is 1. The van der Waals surface area contributed by atoms with E-state index in [9.17, 15) is 5.11 Å². The minimum Gasteiger partial charge on any atom is -0.496 e. The number of pyridine rings is 1. The third-order valence-electron chi connectivity index (χ3n) is 2.85. The summed E-state index contributed by atoms with van der Waals surface area (Å²) in [5.41, 5.74) is 2.19. The largest absolute Gasteiger partial charge is 0.496 e. The molecule has 0 aliphatic heterocycles. The Hall–Kier alpha value is -1.78. The number of hydrogen-bond acceptors (Lipinski definition) is 4. The van der Waals surface area contributed by atoms with E-state index in [1.54, 1.807) is 31.4 Å². The molecular formula is C15H16ClNO3. The molecule has 1 aromatic heterocycles. The molecule has 0 bridgehead atoms. The average molecular weight is 294 g/mol. The minimum absolute atomic E-state index is 0.163. The third-order valence-corrected chi connectivity index (χ3v) is 3.08. The lowest BCUT2D eigenvalue weighted by atomic mass is 10.2. The Morgan fingerprint density at radius 2 is 1.95 bits per heavy atom. The number of ether oxygens (including phenoxy) is 2. The Kier molecular flexibility index (Phi) is 4.82. The van der Waals surface area contributed by atoms with E-state index >= 15 is 0 Å². The van der Waals surface area contributed by atoms with Gasteiger partial charge in [-0.3, -0.25) is 4.98 Å². The van der Waals surface area contributed by atoms with Gasteiger partial charge in [-0.25, -0.2) is 0 Å². The first kappa shape index (κ1) is 14.6. The van der Waals surface area contributed by atoms with Crippen LogP contribution in [0.25, 0.3) is 0 Å². The second kappa shape index (κ2) is 6.59. The molecular weight excluding hydrogens is 278 g/mol. The van der Waals surface area contributed by atoms with E-state index in [1.807, 2.05) is 13.0 Å². The van der Waals surface area contributed by atoms with Gasteiger partial charge in [-0.1, -0.05) is 11.6 Å². The third kappa shape index (κ3) is 3.40. The van der Waals surface area contributed by atoms with Crippen molar-refractivity contribution in [1.82, 2.24) is 4.98 Å². The summed E-state index contributed by atoms with van der Waals surface area (Å²) >= 11 is 5.97. The Bertz CT molecular complexity index is 602. The molecule has 1 N–H and O–H groups in total. The van der Waals surface area contributed by atoms with Crippen LogP contribution in [0.2, 0.25) is 5.02 Å². The van der Waals surface area contributed by atoms with Crippen molar-refractivity contribution < 1.29 is 14.6 Å². The fourth-order valence-corrected chi connectivity index (χ4v) is 2.05. The summed E-state index contributed by atoms with van der Waals surface area (Å²) < 4.78 is 11.0. The summed E-state index contributed by atoms with van der Waals surface area (Å²) in [6.45, 7) is 1.99. The predicted octanol–water partition coefficient (Wildman–Crippen LogP) is 3.12. The van der Waals surface area contributed by atoms with Crippen LogP contribution in [0.15, 0.2) is 30.3 Å². The maximum absolute atomic E-state index is 9.30. The summed E-state index contributed by atoms with van der Waals surface area (Å²) in [5.74, 6) is 1.26. The van der Waals surface area contributed by atoms with Gasteiger partial charge in [-0.05, 0) is 37.3 Å². The molecule has 0 unspecified atom stereocenters. The number of aryl methyl sites for hydroxylation is 1. The first-order valence-electron chi connectivity index (χ1n) is 6.16. The van der Waals surface area contributed by atoms with Crippen LogP contribution in [0, 0.1) is 6.92 Å². The van der Waals surface area contributed by atoms with Crippen LogP contribution < -0.4 is 9.47 Å². The lowest BCUT2D eigenvalue weighted by Gasteiger charge is -2.12. The van der Waals surface area contributed by atoms with Crippen LogP contribution in [0.1, 0.15) is 17.0 Å². The minimum atomic E-state index is -0.163. The van der Waals surface area contributed by atoms with E-state index in [-0.39, 0.29) is 6.61 Å². The highest BCUT2D eigenvalue weighted by atomic mass is 35.5. The molecule has 0 fully saturated rings. The standard InChI is InChI=1S/C15H16ClNO3/c1-10-3-5-15(13(8-18)17-10)20-9-11-7-12(16)4-6-14(11)19-2/h3-7,18H,8-9H2,1-2H3. The Labute approximate surface area is 122 Å². The van der Waals surface area contributed by atoms with E-state index in [0.717, 1.165) is 11.3 Å². The van der Waals surface area contributed by atoms with Crippen molar-refractivity contribution in [3.05, 3.63) is 52.3 Å². The number of hydrogen-bond donors (Lipinski definition) is 1. The maximum atomic E-state index is 9.30. The highest BCUT2D eigenvalue weighted by molar-refractivity contribution is 6.30. The Balaban J connectivity index is 2.18. The topological polar surface area (TPSA) is 51.6 Å². The van der Waals surface area contributed by atoms with Crippen molar-refractivity contribution in [3.8, 4) is 11.5 Å². The summed E-state index contributed by atoms with van der Waals surface area (Å²) in [6, 6.07) is 8.98. The summed E-state index contributed by atoms with van der Waals surface area (Å²) in [5, 5.41) is 9.92. The van der Waals surface area contributed by atoms with E-state index in [4.69, 9.17) is 21.1 Å². The quantitative estimate of drug-likeness (QED) is 0.920. The van der Waals surface area contributed by atoms with Crippen LogP contribution in [0.5, 0.6) is 11.5 Å². The lowest BCUT2D eigenvalue weighted by Crippen LogP contribution is -2.03. The van der Waals surface area contributed by atoms with E-state index in [2.05, 4.69) is 4.98 Å². The second-order valence-corrected chi connectivity index (χ2v) is 4.74. The SMILES string of the molecule is COc1ccc(Cl)cc1COc1ccc(C)nc1CO. The molecule has 0 spiro atoms. The number of nitrogens with zero attached hydrogens (tertiary/aromatic N) is 1. The van der Waals surface area contributed by atoms with Crippen molar-refractivity contribution in [1.29, 1.82) is 0 Å². The zero-order valence-corrected chi connectivity index (χ0v) is 12.1. The number of methoxy groups -OCH3 is 1. The van der Waals surface area contributed by atoms with Gasteiger partial charge in [-0.15, -0.1) is 0 Å². The van der Waals surface area contributed by atoms with Crippen LogP contribution in [0.3, 0.4) is 0 Å². The summed E-state index contributed by atoms with van der Waals surface area (Å²) in [6.07, 6.45) is 0. The molecule has 0 amide bonds. The average Bonchev–Trinajstić information content (AvgIpc) is 2.46. The number of halogens is 1. The van der Waals surface area contributed by atoms with Gasteiger partial charge in [0.2, 0.25) is 0 Å². The van der Waals surface area contributed by atoms with E-state index < -0.39 is 0 Å². The molecule has 1 aromatic carbocycles. The first-order chi connectivity index (χ1) is 9.63. The molecule has 1 heterocycles. The van der Waals surface area contributed by atoms with Gasteiger partial charge < -0.3 is 14.6 Å². The van der Waals surface area contributed by atoms with Crippen molar-refractivity contribution in [2.45, 2.75) is 20.1 Å². The zero-order chi connectivity index (χ0) is 14.5. The van der Waals surface area contributed by atoms with Gasteiger partial charge in [0.05, 0.1) is 13.7 Å².